The summed E-state index contributed by atoms with van der Waals surface area (Å²) in [6.07, 6.45) is 7.45. The highest BCUT2D eigenvalue weighted by molar-refractivity contribution is 6.27. The number of anilines is 1. The van der Waals surface area contributed by atoms with E-state index in [-0.39, 0.29) is 6.10 Å². The molecule has 1 aromatic carbocycles. The van der Waals surface area contributed by atoms with Crippen molar-refractivity contribution in [2.75, 3.05) is 58.0 Å². The highest BCUT2D eigenvalue weighted by Gasteiger charge is 2.22. The molecule has 38 heavy (non-hydrogen) atoms. The number of rotatable bonds is 17. The van der Waals surface area contributed by atoms with Gasteiger partial charge in [-0.1, -0.05) is 44.7 Å². The number of carbonyl (C=O) groups is 3. The Morgan fingerprint density at radius 1 is 0.921 bits per heavy atom. The summed E-state index contributed by atoms with van der Waals surface area (Å²) >= 11 is 0. The van der Waals surface area contributed by atoms with Crippen LogP contribution in [0.4, 0.5) is 10.5 Å². The van der Waals surface area contributed by atoms with Gasteiger partial charge in [-0.25, -0.2) is 14.4 Å². The number of carbonyl (C=O) groups excluding carboxylic acids is 1. The summed E-state index contributed by atoms with van der Waals surface area (Å²) in [7, 11) is 0. The first-order chi connectivity index (χ1) is 18.4. The molecule has 1 fully saturated rings. The van der Waals surface area contributed by atoms with Gasteiger partial charge in [0.15, 0.2) is 0 Å². The van der Waals surface area contributed by atoms with E-state index in [0.717, 1.165) is 25.9 Å². The molecule has 0 bridgehead atoms. The predicted molar refractivity (Wildman–Crippen MR) is 143 cm³/mol. The summed E-state index contributed by atoms with van der Waals surface area (Å²) in [5.41, 5.74) is 0.628. The van der Waals surface area contributed by atoms with Gasteiger partial charge in [-0.05, 0) is 51.4 Å². The lowest BCUT2D eigenvalue weighted by Crippen LogP contribution is -2.37. The quantitative estimate of drug-likeness (QED) is 0.194. The molecule has 1 amide bonds. The van der Waals surface area contributed by atoms with E-state index >= 15 is 0 Å². The topological polar surface area (TPSA) is 144 Å². The van der Waals surface area contributed by atoms with Crippen molar-refractivity contribution < 1.29 is 43.5 Å². The van der Waals surface area contributed by atoms with Crippen molar-refractivity contribution in [3.8, 4) is 5.75 Å². The first-order valence-electron chi connectivity index (χ1n) is 13.4. The van der Waals surface area contributed by atoms with E-state index in [4.69, 9.17) is 38.7 Å². The highest BCUT2D eigenvalue weighted by Crippen LogP contribution is 2.24. The van der Waals surface area contributed by atoms with Crippen molar-refractivity contribution >= 4 is 23.7 Å². The van der Waals surface area contributed by atoms with Crippen LogP contribution in [-0.2, 0) is 23.8 Å². The number of benzene rings is 1. The van der Waals surface area contributed by atoms with Gasteiger partial charge in [0.2, 0.25) is 0 Å². The molecule has 1 atom stereocenters. The van der Waals surface area contributed by atoms with E-state index in [1.165, 1.54) is 32.1 Å². The number of para-hydroxylation sites is 2. The second-order valence-corrected chi connectivity index (χ2v) is 8.80. The minimum atomic E-state index is -1.82. The van der Waals surface area contributed by atoms with Gasteiger partial charge in [-0.3, -0.25) is 10.2 Å². The van der Waals surface area contributed by atoms with Crippen molar-refractivity contribution in [2.45, 2.75) is 64.9 Å². The molecule has 11 nitrogen and oxygen atoms in total. The molecular formula is C27H44N2O9. The Labute approximate surface area is 225 Å². The maximum atomic E-state index is 12.6. The van der Waals surface area contributed by atoms with Crippen LogP contribution in [0.2, 0.25) is 0 Å². The molecule has 2 rings (SSSR count). The Morgan fingerprint density at radius 2 is 1.58 bits per heavy atom. The van der Waals surface area contributed by atoms with Crippen LogP contribution in [-0.4, -0.2) is 91.9 Å². The monoisotopic (exact) mass is 540 g/mol. The van der Waals surface area contributed by atoms with Crippen LogP contribution in [0, 0.1) is 0 Å². The number of ether oxygens (including phenoxy) is 4. The second kappa shape index (κ2) is 21.1. The fourth-order valence-electron chi connectivity index (χ4n) is 3.73. The standard InChI is InChI=1S/C25H42N2O5.C2H2O4/c1-3-5-6-7-12-17-31-24-14-9-8-13-23(24)26-25(28)32-22(20-27-15-10-11-16-27)21-30-19-18-29-4-2;3-1(4)2(5)6/h8-9,13-14,22H,3-7,10-12,15-21H2,1-2H3,(H,26,28);(H,3,4)(H,5,6). The molecule has 0 saturated carbocycles. The Kier molecular flexibility index (Phi) is 18.4. The van der Waals surface area contributed by atoms with Gasteiger partial charge in [0.05, 0.1) is 32.1 Å². The van der Waals surface area contributed by atoms with E-state index in [9.17, 15) is 4.79 Å². The lowest BCUT2D eigenvalue weighted by atomic mass is 10.2. The SMILES string of the molecule is CCCCCCCOc1ccccc1NC(=O)OC(COCCOCC)CN1CCCC1.O=C(O)C(=O)O. The number of nitrogens with one attached hydrogen (secondary N) is 1. The molecule has 3 N–H and O–H groups in total. The molecule has 216 valence electrons. The number of hydrogen-bond acceptors (Lipinski definition) is 8. The maximum absolute atomic E-state index is 12.6. The Bertz CT molecular complexity index is 789. The molecule has 11 heteroatoms. The summed E-state index contributed by atoms with van der Waals surface area (Å²) in [5.74, 6) is -2.98. The molecule has 1 aromatic rings. The number of amides is 1. The van der Waals surface area contributed by atoms with Crippen molar-refractivity contribution in [1.82, 2.24) is 4.90 Å². The maximum Gasteiger partial charge on any atom is 0.414 e. The number of hydrogen-bond donors (Lipinski definition) is 3. The van der Waals surface area contributed by atoms with Crippen LogP contribution in [0.1, 0.15) is 58.8 Å². The van der Waals surface area contributed by atoms with Crippen LogP contribution < -0.4 is 10.1 Å². The fourth-order valence-corrected chi connectivity index (χ4v) is 3.73. The zero-order valence-electron chi connectivity index (χ0n) is 22.7. The molecule has 0 aromatic heterocycles. The van der Waals surface area contributed by atoms with Crippen LogP contribution in [0.15, 0.2) is 24.3 Å². The molecule has 0 radical (unpaired) electrons. The van der Waals surface area contributed by atoms with Gasteiger partial charge in [0.1, 0.15) is 11.9 Å². The van der Waals surface area contributed by atoms with E-state index < -0.39 is 18.0 Å². The minimum Gasteiger partial charge on any atom is -0.491 e. The average molecular weight is 541 g/mol. The van der Waals surface area contributed by atoms with Crippen molar-refractivity contribution in [1.29, 1.82) is 0 Å². The van der Waals surface area contributed by atoms with Crippen LogP contribution >= 0.6 is 0 Å². The second-order valence-electron chi connectivity index (χ2n) is 8.80. The third kappa shape index (κ3) is 16.1. The lowest BCUT2D eigenvalue weighted by Gasteiger charge is -2.24. The summed E-state index contributed by atoms with van der Waals surface area (Å²) < 4.78 is 22.7. The molecule has 1 saturated heterocycles. The molecule has 0 aliphatic carbocycles. The molecule has 1 heterocycles. The highest BCUT2D eigenvalue weighted by atomic mass is 16.6. The number of unbranched alkanes of at least 4 members (excludes halogenated alkanes) is 4. The third-order valence-corrected chi connectivity index (χ3v) is 5.63. The zero-order valence-corrected chi connectivity index (χ0v) is 22.7. The Hall–Kier alpha value is -2.89. The van der Waals surface area contributed by atoms with Crippen molar-refractivity contribution in [3.63, 3.8) is 0 Å². The number of aliphatic carboxylic acids is 2. The van der Waals surface area contributed by atoms with E-state index in [1.807, 2.05) is 31.2 Å². The van der Waals surface area contributed by atoms with Gasteiger partial charge in [0, 0.05) is 13.2 Å². The normalized spacial score (nSPS) is 13.7. The van der Waals surface area contributed by atoms with Crippen LogP contribution in [0.3, 0.4) is 0 Å². The Balaban J connectivity index is 0.00000107. The van der Waals surface area contributed by atoms with Gasteiger partial charge < -0.3 is 29.2 Å². The molecular weight excluding hydrogens is 496 g/mol. The van der Waals surface area contributed by atoms with Gasteiger partial charge >= 0.3 is 18.0 Å². The van der Waals surface area contributed by atoms with Crippen LogP contribution in [0.25, 0.3) is 0 Å². The number of carboxylic acid groups (broad SMARTS) is 2. The van der Waals surface area contributed by atoms with E-state index in [2.05, 4.69) is 17.1 Å². The van der Waals surface area contributed by atoms with Gasteiger partial charge in [0.25, 0.3) is 0 Å². The summed E-state index contributed by atoms with van der Waals surface area (Å²) in [6.45, 7) is 9.61. The largest absolute Gasteiger partial charge is 0.491 e. The summed E-state index contributed by atoms with van der Waals surface area (Å²) in [6, 6.07) is 7.50. The molecule has 0 spiro atoms. The van der Waals surface area contributed by atoms with Gasteiger partial charge in [-0.2, -0.15) is 0 Å². The average Bonchev–Trinajstić information content (AvgIpc) is 3.40. The summed E-state index contributed by atoms with van der Waals surface area (Å²) in [4.78, 5) is 33.2. The lowest BCUT2D eigenvalue weighted by molar-refractivity contribution is -0.159. The van der Waals surface area contributed by atoms with Crippen molar-refractivity contribution in [3.05, 3.63) is 24.3 Å². The van der Waals surface area contributed by atoms with Gasteiger partial charge in [-0.15, -0.1) is 0 Å². The molecule has 1 aliphatic rings. The fraction of sp³-hybridized carbons (Fsp3) is 0.667. The first-order valence-corrected chi connectivity index (χ1v) is 13.4. The van der Waals surface area contributed by atoms with Crippen LogP contribution in [0.5, 0.6) is 5.75 Å². The van der Waals surface area contributed by atoms with E-state index in [0.29, 0.717) is 51.0 Å². The Morgan fingerprint density at radius 3 is 2.24 bits per heavy atom. The predicted octanol–water partition coefficient (Wildman–Crippen LogP) is 4.26. The van der Waals surface area contributed by atoms with Crippen molar-refractivity contribution in [2.24, 2.45) is 0 Å². The summed E-state index contributed by atoms with van der Waals surface area (Å²) in [5, 5.41) is 17.6. The molecule has 1 aliphatic heterocycles. The van der Waals surface area contributed by atoms with E-state index in [1.54, 1.807) is 0 Å². The zero-order chi connectivity index (χ0) is 28.0. The minimum absolute atomic E-state index is 0.332. The number of likely N-dealkylation sites (tertiary alicyclic amines) is 1. The first kappa shape index (κ1) is 33.1. The smallest absolute Gasteiger partial charge is 0.414 e. The third-order valence-electron chi connectivity index (χ3n) is 5.63. The number of carboxylic acids is 2. The number of nitrogens with zero attached hydrogens (tertiary/aromatic N) is 1. The molecule has 1 unspecified atom stereocenters.